The first-order valence-corrected chi connectivity index (χ1v) is 7.79. The first-order chi connectivity index (χ1) is 8.72. The van der Waals surface area contributed by atoms with Gasteiger partial charge >= 0.3 is 0 Å². The number of benzene rings is 1. The summed E-state index contributed by atoms with van der Waals surface area (Å²) in [6, 6.07) is 8.97. The molecule has 0 aliphatic rings. The Labute approximate surface area is 121 Å². The highest BCUT2D eigenvalue weighted by atomic mass is 79.9. The molecule has 2 atom stereocenters. The van der Waals surface area contributed by atoms with Gasteiger partial charge in [0.1, 0.15) is 5.01 Å². The Morgan fingerprint density at radius 1 is 1.39 bits per heavy atom. The molecule has 1 N–H and O–H groups in total. The van der Waals surface area contributed by atoms with Gasteiger partial charge in [0.2, 0.25) is 0 Å². The number of aromatic nitrogens is 1. The fourth-order valence-corrected chi connectivity index (χ4v) is 3.40. The van der Waals surface area contributed by atoms with Crippen LogP contribution >= 0.6 is 27.3 Å². The van der Waals surface area contributed by atoms with E-state index in [1.165, 1.54) is 5.56 Å². The molecule has 0 aliphatic heterocycles. The van der Waals surface area contributed by atoms with E-state index in [-0.39, 0.29) is 0 Å². The molecule has 0 fully saturated rings. The van der Waals surface area contributed by atoms with Gasteiger partial charge in [-0.15, -0.1) is 11.3 Å². The maximum Gasteiger partial charge on any atom is 0.109 e. The van der Waals surface area contributed by atoms with Crippen LogP contribution in [-0.4, -0.2) is 4.98 Å². The van der Waals surface area contributed by atoms with Crippen molar-refractivity contribution in [3.63, 3.8) is 0 Å². The molecule has 1 heterocycles. The molecule has 0 aliphatic carbocycles. The summed E-state index contributed by atoms with van der Waals surface area (Å²) in [4.78, 5) is 4.40. The van der Waals surface area contributed by atoms with Crippen LogP contribution in [0.1, 0.15) is 42.9 Å². The van der Waals surface area contributed by atoms with Crippen molar-refractivity contribution in [2.45, 2.75) is 32.4 Å². The number of halogens is 1. The quantitative estimate of drug-likeness (QED) is 0.861. The highest BCUT2D eigenvalue weighted by Crippen LogP contribution is 2.27. The lowest BCUT2D eigenvalue weighted by Gasteiger charge is -2.21. The molecule has 18 heavy (non-hydrogen) atoms. The van der Waals surface area contributed by atoms with E-state index >= 15 is 0 Å². The highest BCUT2D eigenvalue weighted by molar-refractivity contribution is 9.10. The third-order valence-electron chi connectivity index (χ3n) is 2.98. The summed E-state index contributed by atoms with van der Waals surface area (Å²) in [5.41, 5.74) is 1.28. The molecule has 2 aromatic rings. The number of thiazole rings is 1. The van der Waals surface area contributed by atoms with Gasteiger partial charge < -0.3 is 5.32 Å². The Kier molecular flexibility index (Phi) is 4.92. The molecule has 0 bridgehead atoms. The van der Waals surface area contributed by atoms with Crippen molar-refractivity contribution in [1.82, 2.24) is 10.3 Å². The highest BCUT2D eigenvalue weighted by Gasteiger charge is 2.16. The van der Waals surface area contributed by atoms with Gasteiger partial charge in [0.25, 0.3) is 0 Å². The summed E-state index contributed by atoms with van der Waals surface area (Å²) >= 11 is 5.32. The molecule has 0 radical (unpaired) electrons. The number of nitrogens with one attached hydrogen (secondary N) is 1. The minimum atomic E-state index is 0.300. The predicted molar refractivity (Wildman–Crippen MR) is 80.8 cm³/mol. The second kappa shape index (κ2) is 6.45. The summed E-state index contributed by atoms with van der Waals surface area (Å²) in [5, 5.41) is 6.84. The van der Waals surface area contributed by atoms with Crippen LogP contribution < -0.4 is 5.32 Å². The standard InChI is InChI=1S/C14H17BrN2S/c1-3-13(14-16-8-9-18-14)17-10(2)11-6-4-5-7-12(11)15/h4-10,13,17H,3H2,1-2H3. The fourth-order valence-electron chi connectivity index (χ4n) is 1.99. The molecule has 0 saturated carbocycles. The van der Waals surface area contributed by atoms with E-state index in [2.05, 4.69) is 58.3 Å². The van der Waals surface area contributed by atoms with Crippen molar-refractivity contribution in [1.29, 1.82) is 0 Å². The van der Waals surface area contributed by atoms with Crippen molar-refractivity contribution in [3.8, 4) is 0 Å². The van der Waals surface area contributed by atoms with Gasteiger partial charge in [0.05, 0.1) is 6.04 Å². The minimum absolute atomic E-state index is 0.300. The van der Waals surface area contributed by atoms with E-state index in [1.807, 2.05) is 17.6 Å². The van der Waals surface area contributed by atoms with Crippen LogP contribution in [0.25, 0.3) is 0 Å². The molecule has 1 aromatic carbocycles. The predicted octanol–water partition coefficient (Wildman–Crippen LogP) is 4.71. The summed E-state index contributed by atoms with van der Waals surface area (Å²) < 4.78 is 1.15. The zero-order valence-corrected chi connectivity index (χ0v) is 13.0. The second-order valence-electron chi connectivity index (χ2n) is 4.24. The van der Waals surface area contributed by atoms with Crippen LogP contribution in [0.5, 0.6) is 0 Å². The molecular weight excluding hydrogens is 308 g/mol. The first-order valence-electron chi connectivity index (χ1n) is 6.12. The molecule has 2 unspecified atom stereocenters. The van der Waals surface area contributed by atoms with Crippen molar-refractivity contribution < 1.29 is 0 Å². The van der Waals surface area contributed by atoms with Crippen LogP contribution in [0.15, 0.2) is 40.3 Å². The molecule has 2 nitrogen and oxygen atoms in total. The monoisotopic (exact) mass is 324 g/mol. The molecular formula is C14H17BrN2S. The normalized spacial score (nSPS) is 14.4. The number of hydrogen-bond acceptors (Lipinski definition) is 3. The molecule has 0 spiro atoms. The lowest BCUT2D eigenvalue weighted by Crippen LogP contribution is -2.24. The first kappa shape index (κ1) is 13.7. The summed E-state index contributed by atoms with van der Waals surface area (Å²) in [7, 11) is 0. The van der Waals surface area contributed by atoms with Crippen LogP contribution in [0.3, 0.4) is 0 Å². The Morgan fingerprint density at radius 3 is 2.78 bits per heavy atom. The lowest BCUT2D eigenvalue weighted by atomic mass is 10.1. The molecule has 0 amide bonds. The minimum Gasteiger partial charge on any atom is -0.301 e. The van der Waals surface area contributed by atoms with Crippen molar-refractivity contribution >= 4 is 27.3 Å². The topological polar surface area (TPSA) is 24.9 Å². The van der Waals surface area contributed by atoms with Gasteiger partial charge in [-0.2, -0.15) is 0 Å². The average Bonchev–Trinajstić information content (AvgIpc) is 2.90. The van der Waals surface area contributed by atoms with Crippen LogP contribution in [0.4, 0.5) is 0 Å². The molecule has 2 rings (SSSR count). The molecule has 0 saturated heterocycles. The van der Waals surface area contributed by atoms with Gasteiger partial charge in [-0.3, -0.25) is 0 Å². The SMILES string of the molecule is CCC(NC(C)c1ccccc1Br)c1nccs1. The van der Waals surface area contributed by atoms with E-state index in [9.17, 15) is 0 Å². The third kappa shape index (κ3) is 3.19. The second-order valence-corrected chi connectivity index (χ2v) is 6.02. The van der Waals surface area contributed by atoms with Gasteiger partial charge in [0.15, 0.2) is 0 Å². The third-order valence-corrected chi connectivity index (χ3v) is 4.59. The summed E-state index contributed by atoms with van der Waals surface area (Å²) in [5.74, 6) is 0. The summed E-state index contributed by atoms with van der Waals surface area (Å²) in [6.07, 6.45) is 2.91. The van der Waals surface area contributed by atoms with E-state index in [4.69, 9.17) is 0 Å². The van der Waals surface area contributed by atoms with E-state index in [0.29, 0.717) is 12.1 Å². The van der Waals surface area contributed by atoms with Crippen LogP contribution in [-0.2, 0) is 0 Å². The van der Waals surface area contributed by atoms with Crippen LogP contribution in [0, 0.1) is 0 Å². The van der Waals surface area contributed by atoms with Crippen molar-refractivity contribution in [3.05, 3.63) is 50.9 Å². The van der Waals surface area contributed by atoms with Crippen molar-refractivity contribution in [2.75, 3.05) is 0 Å². The number of hydrogen-bond donors (Lipinski definition) is 1. The fraction of sp³-hybridized carbons (Fsp3) is 0.357. The van der Waals surface area contributed by atoms with E-state index < -0.39 is 0 Å². The maximum atomic E-state index is 4.40. The zero-order chi connectivity index (χ0) is 13.0. The largest absolute Gasteiger partial charge is 0.301 e. The maximum absolute atomic E-state index is 4.40. The van der Waals surface area contributed by atoms with Crippen molar-refractivity contribution in [2.24, 2.45) is 0 Å². The Hall–Kier alpha value is -0.710. The average molecular weight is 325 g/mol. The molecule has 96 valence electrons. The lowest BCUT2D eigenvalue weighted by molar-refractivity contribution is 0.454. The van der Waals surface area contributed by atoms with Gasteiger partial charge in [-0.05, 0) is 25.0 Å². The van der Waals surface area contributed by atoms with E-state index in [1.54, 1.807) is 11.3 Å². The van der Waals surface area contributed by atoms with Gasteiger partial charge in [0, 0.05) is 22.1 Å². The van der Waals surface area contributed by atoms with E-state index in [0.717, 1.165) is 15.9 Å². The van der Waals surface area contributed by atoms with Crippen LogP contribution in [0.2, 0.25) is 0 Å². The van der Waals surface area contributed by atoms with Gasteiger partial charge in [-0.25, -0.2) is 4.98 Å². The molecule has 1 aromatic heterocycles. The Balaban J connectivity index is 2.11. The number of nitrogens with zero attached hydrogens (tertiary/aromatic N) is 1. The number of rotatable bonds is 5. The summed E-state index contributed by atoms with van der Waals surface area (Å²) in [6.45, 7) is 4.38. The van der Waals surface area contributed by atoms with Gasteiger partial charge in [-0.1, -0.05) is 41.1 Å². The molecule has 4 heteroatoms. The Bertz CT molecular complexity index is 484. The smallest absolute Gasteiger partial charge is 0.109 e. The Morgan fingerprint density at radius 2 is 2.17 bits per heavy atom. The zero-order valence-electron chi connectivity index (χ0n) is 10.6.